The average molecular weight is 231 g/mol. The number of amides is 1. The van der Waals surface area contributed by atoms with E-state index < -0.39 is 0 Å². The van der Waals surface area contributed by atoms with Crippen LogP contribution < -0.4 is 10.6 Å². The van der Waals surface area contributed by atoms with Gasteiger partial charge in [0.15, 0.2) is 0 Å². The van der Waals surface area contributed by atoms with E-state index in [1.54, 1.807) is 13.2 Å². The smallest absolute Gasteiger partial charge is 0.240 e. The highest BCUT2D eigenvalue weighted by Crippen LogP contribution is 2.25. The van der Waals surface area contributed by atoms with Crippen molar-refractivity contribution in [2.24, 2.45) is 5.92 Å². The van der Waals surface area contributed by atoms with Crippen LogP contribution in [0.3, 0.4) is 0 Å². The molecule has 0 aliphatic carbocycles. The first-order chi connectivity index (χ1) is 8.22. The van der Waals surface area contributed by atoms with Gasteiger partial charge in [-0.15, -0.1) is 0 Å². The molecule has 4 heteroatoms. The number of rotatable bonds is 2. The van der Waals surface area contributed by atoms with Crippen LogP contribution in [0.2, 0.25) is 0 Å². The highest BCUT2D eigenvalue weighted by molar-refractivity contribution is 5.83. The van der Waals surface area contributed by atoms with Crippen molar-refractivity contribution in [3.8, 4) is 0 Å². The van der Waals surface area contributed by atoms with Crippen molar-refractivity contribution in [2.45, 2.75) is 19.0 Å². The summed E-state index contributed by atoms with van der Waals surface area (Å²) in [4.78, 5) is 15.9. The number of nitrogens with zero attached hydrogens (tertiary/aromatic N) is 1. The Morgan fingerprint density at radius 1 is 1.41 bits per heavy atom. The van der Waals surface area contributed by atoms with E-state index in [0.29, 0.717) is 5.92 Å². The topological polar surface area (TPSA) is 54.0 Å². The van der Waals surface area contributed by atoms with Gasteiger partial charge in [0.2, 0.25) is 5.91 Å². The van der Waals surface area contributed by atoms with E-state index in [9.17, 15) is 4.79 Å². The summed E-state index contributed by atoms with van der Waals surface area (Å²) in [5.41, 5.74) is 0.971. The van der Waals surface area contributed by atoms with Gasteiger partial charge in [-0.1, -0.05) is 25.1 Å². The number of hydrogen-bond donors (Lipinski definition) is 2. The number of nitrogens with one attached hydrogen (secondary N) is 2. The van der Waals surface area contributed by atoms with Crippen LogP contribution in [0.4, 0.5) is 0 Å². The summed E-state index contributed by atoms with van der Waals surface area (Å²) in [6, 6.07) is 5.65. The molecule has 1 amide bonds. The first kappa shape index (κ1) is 11.8. The Morgan fingerprint density at radius 2 is 2.24 bits per heavy atom. The minimum atomic E-state index is -0.275. The molecule has 17 heavy (non-hydrogen) atoms. The van der Waals surface area contributed by atoms with Gasteiger partial charge in [-0.3, -0.25) is 15.1 Å². The highest BCUT2D eigenvalue weighted by atomic mass is 16.2. The molecule has 2 rings (SSSR count). The summed E-state index contributed by atoms with van der Waals surface area (Å²) in [5.74, 6) is 0.305. The Bertz CT molecular complexity index is 416. The molecule has 3 unspecified atom stereocenters. The molecule has 0 saturated carbocycles. The predicted molar refractivity (Wildman–Crippen MR) is 66.3 cm³/mol. The normalized spacial score (nSPS) is 27.8. The Kier molecular flexibility index (Phi) is 3.54. The van der Waals surface area contributed by atoms with Gasteiger partial charge in [0.25, 0.3) is 0 Å². The maximum atomic E-state index is 11.6. The summed E-state index contributed by atoms with van der Waals surface area (Å²) < 4.78 is 0. The molecular formula is C13H17N3O. The van der Waals surface area contributed by atoms with Crippen LogP contribution in [0.15, 0.2) is 36.5 Å². The minimum Gasteiger partial charge on any atom is -0.358 e. The molecule has 1 aromatic rings. The van der Waals surface area contributed by atoms with Crippen LogP contribution in [0, 0.1) is 5.92 Å². The first-order valence-electron chi connectivity index (χ1n) is 5.79. The van der Waals surface area contributed by atoms with Crippen molar-refractivity contribution >= 4 is 5.91 Å². The molecular weight excluding hydrogens is 214 g/mol. The van der Waals surface area contributed by atoms with Crippen molar-refractivity contribution in [1.29, 1.82) is 0 Å². The van der Waals surface area contributed by atoms with Gasteiger partial charge in [0.1, 0.15) is 6.04 Å². The van der Waals surface area contributed by atoms with E-state index in [2.05, 4.69) is 28.6 Å². The number of hydrogen-bond acceptors (Lipinski definition) is 3. The fraction of sp³-hybridized carbons (Fsp3) is 0.385. The number of carbonyl (C=O) groups excluding carboxylic acids is 1. The average Bonchev–Trinajstić information content (AvgIpc) is 2.39. The van der Waals surface area contributed by atoms with Crippen LogP contribution in [-0.4, -0.2) is 24.0 Å². The van der Waals surface area contributed by atoms with E-state index in [1.165, 1.54) is 0 Å². The third kappa shape index (κ3) is 2.53. The van der Waals surface area contributed by atoms with Crippen molar-refractivity contribution in [2.75, 3.05) is 7.05 Å². The standard InChI is InChI=1S/C13H17N3O/c1-9-6-7-11(13(17)14-2)16-12(9)10-5-3-4-8-15-10/h3-9,11-12,16H,1-2H3,(H,14,17). The first-order valence-corrected chi connectivity index (χ1v) is 5.79. The van der Waals surface area contributed by atoms with Gasteiger partial charge < -0.3 is 5.32 Å². The molecule has 1 aliphatic rings. The van der Waals surface area contributed by atoms with Crippen molar-refractivity contribution in [3.05, 3.63) is 42.2 Å². The predicted octanol–water partition coefficient (Wildman–Crippen LogP) is 1.03. The summed E-state index contributed by atoms with van der Waals surface area (Å²) in [6.07, 6.45) is 5.75. The number of pyridine rings is 1. The summed E-state index contributed by atoms with van der Waals surface area (Å²) in [5, 5.41) is 5.96. The van der Waals surface area contributed by atoms with Gasteiger partial charge in [0, 0.05) is 13.2 Å². The Hall–Kier alpha value is -1.68. The molecule has 0 saturated heterocycles. The van der Waals surface area contributed by atoms with Gasteiger partial charge in [-0.2, -0.15) is 0 Å². The van der Waals surface area contributed by atoms with Gasteiger partial charge in [-0.05, 0) is 18.1 Å². The maximum Gasteiger partial charge on any atom is 0.240 e. The lowest BCUT2D eigenvalue weighted by Crippen LogP contribution is -2.46. The third-order valence-corrected chi connectivity index (χ3v) is 3.03. The minimum absolute atomic E-state index is 0.0194. The second-order valence-corrected chi connectivity index (χ2v) is 4.23. The molecule has 90 valence electrons. The van der Waals surface area contributed by atoms with Crippen LogP contribution in [-0.2, 0) is 4.79 Å². The van der Waals surface area contributed by atoms with E-state index >= 15 is 0 Å². The number of likely N-dealkylation sites (N-methyl/N-ethyl adjacent to an activating group) is 1. The molecule has 0 spiro atoms. The lowest BCUT2D eigenvalue weighted by atomic mass is 9.92. The molecule has 1 aromatic heterocycles. The molecule has 2 heterocycles. The Labute approximate surface area is 101 Å². The van der Waals surface area contributed by atoms with E-state index in [0.717, 1.165) is 5.69 Å². The van der Waals surface area contributed by atoms with E-state index in [1.807, 2.05) is 24.3 Å². The molecule has 0 fully saturated rings. The fourth-order valence-corrected chi connectivity index (χ4v) is 2.03. The Morgan fingerprint density at radius 3 is 2.88 bits per heavy atom. The lowest BCUT2D eigenvalue weighted by molar-refractivity contribution is -0.121. The molecule has 3 atom stereocenters. The van der Waals surface area contributed by atoms with Crippen LogP contribution >= 0.6 is 0 Å². The van der Waals surface area contributed by atoms with Crippen LogP contribution in [0.5, 0.6) is 0 Å². The molecule has 0 radical (unpaired) electrons. The second kappa shape index (κ2) is 5.10. The van der Waals surface area contributed by atoms with Crippen molar-refractivity contribution in [1.82, 2.24) is 15.6 Å². The summed E-state index contributed by atoms with van der Waals surface area (Å²) in [6.45, 7) is 2.11. The van der Waals surface area contributed by atoms with Crippen LogP contribution in [0.25, 0.3) is 0 Å². The van der Waals surface area contributed by atoms with Crippen LogP contribution in [0.1, 0.15) is 18.7 Å². The summed E-state index contributed by atoms with van der Waals surface area (Å²) in [7, 11) is 1.64. The SMILES string of the molecule is CNC(=O)C1C=CC(C)C(c2ccccn2)N1. The maximum absolute atomic E-state index is 11.6. The summed E-state index contributed by atoms with van der Waals surface area (Å²) >= 11 is 0. The zero-order chi connectivity index (χ0) is 12.3. The fourth-order valence-electron chi connectivity index (χ4n) is 2.03. The van der Waals surface area contributed by atoms with Crippen molar-refractivity contribution < 1.29 is 4.79 Å². The molecule has 4 nitrogen and oxygen atoms in total. The number of carbonyl (C=O) groups is 1. The molecule has 0 aromatic carbocycles. The van der Waals surface area contributed by atoms with E-state index in [-0.39, 0.29) is 18.0 Å². The molecule has 1 aliphatic heterocycles. The van der Waals surface area contributed by atoms with Gasteiger partial charge >= 0.3 is 0 Å². The lowest BCUT2D eigenvalue weighted by Gasteiger charge is -2.30. The second-order valence-electron chi connectivity index (χ2n) is 4.23. The molecule has 0 bridgehead atoms. The quantitative estimate of drug-likeness (QED) is 0.748. The zero-order valence-electron chi connectivity index (χ0n) is 10.1. The largest absolute Gasteiger partial charge is 0.358 e. The van der Waals surface area contributed by atoms with Gasteiger partial charge in [-0.25, -0.2) is 0 Å². The zero-order valence-corrected chi connectivity index (χ0v) is 10.1. The van der Waals surface area contributed by atoms with Crippen molar-refractivity contribution in [3.63, 3.8) is 0 Å². The Balaban J connectivity index is 2.19. The molecule has 2 N–H and O–H groups in total. The third-order valence-electron chi connectivity index (χ3n) is 3.03. The van der Waals surface area contributed by atoms with E-state index in [4.69, 9.17) is 0 Å². The van der Waals surface area contributed by atoms with Gasteiger partial charge in [0.05, 0.1) is 11.7 Å². The highest BCUT2D eigenvalue weighted by Gasteiger charge is 2.27. The number of aromatic nitrogens is 1. The monoisotopic (exact) mass is 231 g/mol.